The van der Waals surface area contributed by atoms with Gasteiger partial charge in [0.05, 0.1) is 5.02 Å². The number of anilines is 1. The van der Waals surface area contributed by atoms with Gasteiger partial charge in [0.25, 0.3) is 0 Å². The SMILES string of the molecule is Nc1nccnc1C(=O)Oc1ccccc1Cl. The molecule has 17 heavy (non-hydrogen) atoms. The predicted molar refractivity (Wildman–Crippen MR) is 62.9 cm³/mol. The van der Waals surface area contributed by atoms with E-state index in [-0.39, 0.29) is 17.3 Å². The Morgan fingerprint density at radius 3 is 2.65 bits per heavy atom. The predicted octanol–water partition coefficient (Wildman–Crippen LogP) is 1.93. The van der Waals surface area contributed by atoms with Gasteiger partial charge in [0.1, 0.15) is 5.75 Å². The lowest BCUT2D eigenvalue weighted by Crippen LogP contribution is -2.14. The van der Waals surface area contributed by atoms with Crippen molar-refractivity contribution in [1.82, 2.24) is 9.97 Å². The second-order valence-electron chi connectivity index (χ2n) is 3.11. The molecule has 1 heterocycles. The molecule has 0 saturated carbocycles. The number of hydrogen-bond acceptors (Lipinski definition) is 5. The van der Waals surface area contributed by atoms with Crippen LogP contribution in [-0.2, 0) is 0 Å². The van der Waals surface area contributed by atoms with E-state index < -0.39 is 5.97 Å². The number of hydrogen-bond donors (Lipinski definition) is 1. The Morgan fingerprint density at radius 2 is 1.94 bits per heavy atom. The topological polar surface area (TPSA) is 78.1 Å². The number of ether oxygens (including phenoxy) is 1. The van der Waals surface area contributed by atoms with Gasteiger partial charge < -0.3 is 10.5 Å². The molecule has 1 aromatic heterocycles. The average molecular weight is 250 g/mol. The summed E-state index contributed by atoms with van der Waals surface area (Å²) in [4.78, 5) is 19.3. The summed E-state index contributed by atoms with van der Waals surface area (Å²) in [5.41, 5.74) is 5.47. The van der Waals surface area contributed by atoms with Gasteiger partial charge in [0, 0.05) is 12.4 Å². The summed E-state index contributed by atoms with van der Waals surface area (Å²) in [7, 11) is 0. The summed E-state index contributed by atoms with van der Waals surface area (Å²) in [6, 6.07) is 6.63. The van der Waals surface area contributed by atoms with E-state index in [1.165, 1.54) is 12.4 Å². The summed E-state index contributed by atoms with van der Waals surface area (Å²) in [6.07, 6.45) is 2.75. The van der Waals surface area contributed by atoms with Gasteiger partial charge in [-0.05, 0) is 12.1 Å². The van der Waals surface area contributed by atoms with Crippen LogP contribution >= 0.6 is 11.6 Å². The number of halogens is 1. The highest BCUT2D eigenvalue weighted by Gasteiger charge is 2.15. The summed E-state index contributed by atoms with van der Waals surface area (Å²) in [5, 5.41) is 0.336. The number of carbonyl (C=O) groups excluding carboxylic acids is 1. The van der Waals surface area contributed by atoms with Crippen molar-refractivity contribution in [1.29, 1.82) is 0 Å². The van der Waals surface area contributed by atoms with Crippen molar-refractivity contribution in [2.75, 3.05) is 5.73 Å². The van der Waals surface area contributed by atoms with E-state index in [0.29, 0.717) is 5.02 Å². The number of nitrogens with two attached hydrogens (primary N) is 1. The summed E-state index contributed by atoms with van der Waals surface area (Å²) in [6.45, 7) is 0. The third kappa shape index (κ3) is 2.51. The number of benzene rings is 1. The first-order chi connectivity index (χ1) is 8.18. The molecule has 86 valence electrons. The molecule has 2 N–H and O–H groups in total. The van der Waals surface area contributed by atoms with Gasteiger partial charge in [-0.2, -0.15) is 0 Å². The standard InChI is InChI=1S/C11H8ClN3O2/c12-7-3-1-2-4-8(7)17-11(16)9-10(13)15-6-5-14-9/h1-6H,(H2,13,15). The van der Waals surface area contributed by atoms with Gasteiger partial charge in [-0.25, -0.2) is 14.8 Å². The van der Waals surface area contributed by atoms with Crippen LogP contribution < -0.4 is 10.5 Å². The summed E-state index contributed by atoms with van der Waals surface area (Å²) in [5.74, 6) is -0.419. The van der Waals surface area contributed by atoms with Crippen LogP contribution in [0.2, 0.25) is 5.02 Å². The van der Waals surface area contributed by atoms with Crippen LogP contribution in [0.3, 0.4) is 0 Å². The quantitative estimate of drug-likeness (QED) is 0.650. The number of esters is 1. The number of nitrogen functional groups attached to an aromatic ring is 1. The highest BCUT2D eigenvalue weighted by Crippen LogP contribution is 2.24. The molecular formula is C11H8ClN3O2. The van der Waals surface area contributed by atoms with Crippen molar-refractivity contribution in [3.63, 3.8) is 0 Å². The zero-order chi connectivity index (χ0) is 12.3. The fraction of sp³-hybridized carbons (Fsp3) is 0. The zero-order valence-electron chi connectivity index (χ0n) is 8.63. The molecule has 5 nitrogen and oxygen atoms in total. The van der Waals surface area contributed by atoms with Crippen LogP contribution in [0.4, 0.5) is 5.82 Å². The Hall–Kier alpha value is -2.14. The number of carbonyl (C=O) groups is 1. The van der Waals surface area contributed by atoms with Gasteiger partial charge in [0.15, 0.2) is 11.5 Å². The smallest absolute Gasteiger partial charge is 0.366 e. The van der Waals surface area contributed by atoms with Gasteiger partial charge in [0.2, 0.25) is 0 Å². The van der Waals surface area contributed by atoms with E-state index in [1.54, 1.807) is 24.3 Å². The Balaban J connectivity index is 2.24. The van der Waals surface area contributed by atoms with Crippen molar-refractivity contribution in [2.45, 2.75) is 0 Å². The Morgan fingerprint density at radius 1 is 1.24 bits per heavy atom. The van der Waals surface area contributed by atoms with E-state index in [0.717, 1.165) is 0 Å². The molecule has 0 radical (unpaired) electrons. The monoisotopic (exact) mass is 249 g/mol. The third-order valence-corrected chi connectivity index (χ3v) is 2.27. The van der Waals surface area contributed by atoms with Crippen molar-refractivity contribution in [2.24, 2.45) is 0 Å². The minimum Gasteiger partial charge on any atom is -0.420 e. The van der Waals surface area contributed by atoms with Crippen LogP contribution in [-0.4, -0.2) is 15.9 Å². The van der Waals surface area contributed by atoms with E-state index in [4.69, 9.17) is 22.1 Å². The van der Waals surface area contributed by atoms with Crippen LogP contribution in [0.25, 0.3) is 0 Å². The van der Waals surface area contributed by atoms with E-state index in [2.05, 4.69) is 9.97 Å². The largest absolute Gasteiger partial charge is 0.420 e. The molecule has 2 aromatic rings. The van der Waals surface area contributed by atoms with Crippen molar-refractivity contribution >= 4 is 23.4 Å². The highest BCUT2D eigenvalue weighted by molar-refractivity contribution is 6.32. The molecule has 0 fully saturated rings. The van der Waals surface area contributed by atoms with Gasteiger partial charge in [-0.3, -0.25) is 0 Å². The Bertz CT molecular complexity index is 560. The van der Waals surface area contributed by atoms with Crippen molar-refractivity contribution in [3.05, 3.63) is 47.4 Å². The molecule has 1 aromatic carbocycles. The van der Waals surface area contributed by atoms with Crippen molar-refractivity contribution < 1.29 is 9.53 Å². The van der Waals surface area contributed by atoms with Gasteiger partial charge in [-0.15, -0.1) is 0 Å². The molecule has 0 aliphatic rings. The summed E-state index contributed by atoms with van der Waals surface area (Å²) < 4.78 is 5.06. The fourth-order valence-electron chi connectivity index (χ4n) is 1.18. The molecule has 0 unspecified atom stereocenters. The lowest BCUT2D eigenvalue weighted by atomic mass is 10.3. The van der Waals surface area contributed by atoms with E-state index >= 15 is 0 Å². The lowest BCUT2D eigenvalue weighted by molar-refractivity contribution is 0.0729. The molecule has 0 saturated heterocycles. The first kappa shape index (κ1) is 11.3. The van der Waals surface area contributed by atoms with E-state index in [9.17, 15) is 4.79 Å². The maximum Gasteiger partial charge on any atom is 0.366 e. The van der Waals surface area contributed by atoms with Crippen LogP contribution in [0.1, 0.15) is 10.5 Å². The van der Waals surface area contributed by atoms with Crippen LogP contribution in [0.15, 0.2) is 36.7 Å². The third-order valence-electron chi connectivity index (χ3n) is 1.96. The average Bonchev–Trinajstić information content (AvgIpc) is 2.32. The maximum absolute atomic E-state index is 11.7. The summed E-state index contributed by atoms with van der Waals surface area (Å²) >= 11 is 5.85. The second-order valence-corrected chi connectivity index (χ2v) is 3.52. The lowest BCUT2D eigenvalue weighted by Gasteiger charge is -2.05. The molecule has 0 spiro atoms. The number of aromatic nitrogens is 2. The zero-order valence-corrected chi connectivity index (χ0v) is 9.39. The maximum atomic E-state index is 11.7. The van der Waals surface area contributed by atoms with Crippen molar-refractivity contribution in [3.8, 4) is 5.75 Å². The number of rotatable bonds is 2. The van der Waals surface area contributed by atoms with E-state index in [1.807, 2.05) is 0 Å². The van der Waals surface area contributed by atoms with Crippen LogP contribution in [0.5, 0.6) is 5.75 Å². The molecule has 0 aliphatic carbocycles. The second kappa shape index (κ2) is 4.80. The Kier molecular flexibility index (Phi) is 3.20. The molecule has 6 heteroatoms. The highest BCUT2D eigenvalue weighted by atomic mass is 35.5. The fourth-order valence-corrected chi connectivity index (χ4v) is 1.36. The first-order valence-electron chi connectivity index (χ1n) is 4.71. The normalized spacial score (nSPS) is 9.94. The molecule has 0 bridgehead atoms. The number of para-hydroxylation sites is 1. The Labute approximate surface area is 102 Å². The van der Waals surface area contributed by atoms with Gasteiger partial charge >= 0.3 is 5.97 Å². The first-order valence-corrected chi connectivity index (χ1v) is 5.09. The minimum atomic E-state index is -0.691. The van der Waals surface area contributed by atoms with Crippen LogP contribution in [0, 0.1) is 0 Å². The van der Waals surface area contributed by atoms with Gasteiger partial charge in [-0.1, -0.05) is 23.7 Å². The minimum absolute atomic E-state index is 0.0181. The molecule has 0 aliphatic heterocycles. The number of nitrogens with zero attached hydrogens (tertiary/aromatic N) is 2. The molecule has 0 atom stereocenters. The molecule has 2 rings (SSSR count). The molecule has 0 amide bonds. The molecular weight excluding hydrogens is 242 g/mol.